The molecule has 1 saturated heterocycles. The Bertz CT molecular complexity index is 534. The Labute approximate surface area is 109 Å². The summed E-state index contributed by atoms with van der Waals surface area (Å²) in [6, 6.07) is 8.49. The largest absolute Gasteiger partial charge is 0.481 e. The van der Waals surface area contributed by atoms with Gasteiger partial charge in [0.1, 0.15) is 11.8 Å². The molecule has 98 valence electrons. The van der Waals surface area contributed by atoms with Crippen LogP contribution in [0.25, 0.3) is 0 Å². The third-order valence-corrected chi connectivity index (χ3v) is 2.51. The number of rotatable bonds is 4. The number of para-hydroxylation sites is 1. The first kappa shape index (κ1) is 12.9. The van der Waals surface area contributed by atoms with E-state index in [0.29, 0.717) is 17.7 Å². The SMILES string of the molecule is N#Cc1ccccc1OCC(=O)O[C@H]1CCOC1=O. The van der Waals surface area contributed by atoms with Gasteiger partial charge in [-0.1, -0.05) is 12.1 Å². The van der Waals surface area contributed by atoms with Crippen LogP contribution in [-0.2, 0) is 19.1 Å². The molecule has 0 saturated carbocycles. The molecule has 1 aromatic carbocycles. The number of nitriles is 1. The van der Waals surface area contributed by atoms with Gasteiger partial charge in [0.2, 0.25) is 6.10 Å². The third kappa shape index (κ3) is 3.22. The van der Waals surface area contributed by atoms with Crippen LogP contribution in [0, 0.1) is 11.3 Å². The quantitative estimate of drug-likeness (QED) is 0.745. The van der Waals surface area contributed by atoms with E-state index in [0.717, 1.165) is 0 Å². The van der Waals surface area contributed by atoms with Crippen molar-refractivity contribution in [2.24, 2.45) is 0 Å². The molecule has 1 aliphatic rings. The van der Waals surface area contributed by atoms with E-state index in [1.165, 1.54) is 0 Å². The van der Waals surface area contributed by atoms with E-state index in [4.69, 9.17) is 14.7 Å². The van der Waals surface area contributed by atoms with Gasteiger partial charge >= 0.3 is 11.9 Å². The molecule has 1 aromatic rings. The molecule has 19 heavy (non-hydrogen) atoms. The van der Waals surface area contributed by atoms with Gasteiger partial charge in [-0.2, -0.15) is 5.26 Å². The van der Waals surface area contributed by atoms with Crippen molar-refractivity contribution >= 4 is 11.9 Å². The van der Waals surface area contributed by atoms with Crippen molar-refractivity contribution in [3.05, 3.63) is 29.8 Å². The fraction of sp³-hybridized carbons (Fsp3) is 0.308. The summed E-state index contributed by atoms with van der Waals surface area (Å²) in [5, 5.41) is 8.84. The molecule has 1 heterocycles. The van der Waals surface area contributed by atoms with Gasteiger partial charge in [-0.05, 0) is 12.1 Å². The summed E-state index contributed by atoms with van der Waals surface area (Å²) in [4.78, 5) is 22.6. The van der Waals surface area contributed by atoms with Crippen molar-refractivity contribution in [3.63, 3.8) is 0 Å². The molecule has 0 spiro atoms. The van der Waals surface area contributed by atoms with Crippen LogP contribution in [0.5, 0.6) is 5.75 Å². The molecule has 0 radical (unpaired) electrons. The Kier molecular flexibility index (Phi) is 3.98. The second kappa shape index (κ2) is 5.87. The van der Waals surface area contributed by atoms with Crippen molar-refractivity contribution in [1.29, 1.82) is 5.26 Å². The van der Waals surface area contributed by atoms with Crippen LogP contribution >= 0.6 is 0 Å². The Morgan fingerprint density at radius 2 is 2.26 bits per heavy atom. The zero-order valence-corrected chi connectivity index (χ0v) is 10.00. The molecular weight excluding hydrogens is 250 g/mol. The number of nitrogens with zero attached hydrogens (tertiary/aromatic N) is 1. The van der Waals surface area contributed by atoms with Crippen molar-refractivity contribution in [1.82, 2.24) is 0 Å². The molecule has 0 unspecified atom stereocenters. The third-order valence-electron chi connectivity index (χ3n) is 2.51. The summed E-state index contributed by atoms with van der Waals surface area (Å²) in [6.45, 7) is -0.0998. The van der Waals surface area contributed by atoms with Crippen LogP contribution in [0.15, 0.2) is 24.3 Å². The maximum Gasteiger partial charge on any atom is 0.347 e. The van der Waals surface area contributed by atoms with E-state index in [-0.39, 0.29) is 13.2 Å². The van der Waals surface area contributed by atoms with E-state index in [1.807, 2.05) is 6.07 Å². The second-order valence-corrected chi connectivity index (χ2v) is 3.83. The lowest BCUT2D eigenvalue weighted by molar-refractivity contribution is -0.161. The van der Waals surface area contributed by atoms with Crippen molar-refractivity contribution < 1.29 is 23.8 Å². The Hall–Kier alpha value is -2.55. The summed E-state index contributed by atoms with van der Waals surface area (Å²) in [5.41, 5.74) is 0.329. The van der Waals surface area contributed by atoms with Crippen LogP contribution in [0.1, 0.15) is 12.0 Å². The van der Waals surface area contributed by atoms with Crippen molar-refractivity contribution in [2.75, 3.05) is 13.2 Å². The highest BCUT2D eigenvalue weighted by molar-refractivity contribution is 5.81. The van der Waals surface area contributed by atoms with Gasteiger partial charge in [0.05, 0.1) is 12.2 Å². The van der Waals surface area contributed by atoms with Crippen LogP contribution < -0.4 is 4.74 Å². The zero-order valence-electron chi connectivity index (χ0n) is 10.00. The first-order valence-corrected chi connectivity index (χ1v) is 5.69. The molecule has 6 nitrogen and oxygen atoms in total. The smallest absolute Gasteiger partial charge is 0.347 e. The molecule has 6 heteroatoms. The standard InChI is InChI=1S/C13H11NO5/c14-7-9-3-1-2-4-10(9)18-8-12(15)19-11-5-6-17-13(11)16/h1-4,11H,5-6,8H2/t11-/m0/s1. The lowest BCUT2D eigenvalue weighted by Gasteiger charge is -2.10. The van der Waals surface area contributed by atoms with Crippen LogP contribution in [0.4, 0.5) is 0 Å². The topological polar surface area (TPSA) is 85.6 Å². The number of ether oxygens (including phenoxy) is 3. The molecule has 2 rings (SSSR count). The number of benzene rings is 1. The van der Waals surface area contributed by atoms with E-state index < -0.39 is 18.0 Å². The number of hydrogen-bond acceptors (Lipinski definition) is 6. The highest BCUT2D eigenvalue weighted by Gasteiger charge is 2.30. The van der Waals surface area contributed by atoms with Crippen molar-refractivity contribution in [3.8, 4) is 11.8 Å². The summed E-state index contributed by atoms with van der Waals surface area (Å²) in [6.07, 6.45) is -0.485. The first-order valence-electron chi connectivity index (χ1n) is 5.69. The molecule has 0 N–H and O–H groups in total. The fourth-order valence-electron chi connectivity index (χ4n) is 1.60. The maximum atomic E-state index is 11.5. The lowest BCUT2D eigenvalue weighted by Crippen LogP contribution is -2.26. The highest BCUT2D eigenvalue weighted by atomic mass is 16.6. The minimum atomic E-state index is -0.845. The predicted octanol–water partition coefficient (Wildman–Crippen LogP) is 0.796. The van der Waals surface area contributed by atoms with Gasteiger partial charge in [-0.25, -0.2) is 9.59 Å². The van der Waals surface area contributed by atoms with E-state index in [2.05, 4.69) is 4.74 Å². The van der Waals surface area contributed by atoms with Gasteiger partial charge in [0, 0.05) is 6.42 Å². The Morgan fingerprint density at radius 1 is 1.47 bits per heavy atom. The molecular formula is C13H11NO5. The van der Waals surface area contributed by atoms with Gasteiger partial charge < -0.3 is 14.2 Å². The predicted molar refractivity (Wildman–Crippen MR) is 62.1 cm³/mol. The van der Waals surface area contributed by atoms with Crippen LogP contribution in [-0.4, -0.2) is 31.3 Å². The average Bonchev–Trinajstić information content (AvgIpc) is 2.82. The lowest BCUT2D eigenvalue weighted by atomic mass is 10.2. The molecule has 1 atom stereocenters. The number of carbonyl (C=O) groups is 2. The molecule has 0 aromatic heterocycles. The number of esters is 2. The van der Waals surface area contributed by atoms with Gasteiger partial charge in [0.25, 0.3) is 0 Å². The van der Waals surface area contributed by atoms with E-state index >= 15 is 0 Å². The molecule has 0 bridgehead atoms. The number of cyclic esters (lactones) is 1. The van der Waals surface area contributed by atoms with Gasteiger partial charge in [-0.15, -0.1) is 0 Å². The summed E-state index contributed by atoms with van der Waals surface area (Å²) in [5.74, 6) is -0.904. The van der Waals surface area contributed by atoms with Crippen molar-refractivity contribution in [2.45, 2.75) is 12.5 Å². The molecule has 0 aliphatic carbocycles. The van der Waals surface area contributed by atoms with Crippen LogP contribution in [0.3, 0.4) is 0 Å². The summed E-state index contributed by atoms with van der Waals surface area (Å²) in [7, 11) is 0. The van der Waals surface area contributed by atoms with Gasteiger partial charge in [0.15, 0.2) is 6.61 Å². The van der Waals surface area contributed by atoms with Crippen LogP contribution in [0.2, 0.25) is 0 Å². The molecule has 0 amide bonds. The maximum absolute atomic E-state index is 11.5. The number of hydrogen-bond donors (Lipinski definition) is 0. The van der Waals surface area contributed by atoms with E-state index in [9.17, 15) is 9.59 Å². The minimum absolute atomic E-state index is 0.259. The minimum Gasteiger partial charge on any atom is -0.481 e. The zero-order chi connectivity index (χ0) is 13.7. The van der Waals surface area contributed by atoms with E-state index in [1.54, 1.807) is 24.3 Å². The highest BCUT2D eigenvalue weighted by Crippen LogP contribution is 2.17. The summed E-state index contributed by atoms with van der Waals surface area (Å²) >= 11 is 0. The monoisotopic (exact) mass is 261 g/mol. The normalized spacial score (nSPS) is 17.4. The summed E-state index contributed by atoms with van der Waals surface area (Å²) < 4.78 is 14.7. The molecule has 1 aliphatic heterocycles. The molecule has 1 fully saturated rings. The van der Waals surface area contributed by atoms with Gasteiger partial charge in [-0.3, -0.25) is 0 Å². The second-order valence-electron chi connectivity index (χ2n) is 3.83. The Morgan fingerprint density at radius 3 is 2.95 bits per heavy atom. The first-order chi connectivity index (χ1) is 9.20. The fourth-order valence-corrected chi connectivity index (χ4v) is 1.60. The average molecular weight is 261 g/mol. The Balaban J connectivity index is 1.87. The number of carbonyl (C=O) groups excluding carboxylic acids is 2.